The molecule has 2 rings (SSSR count). The number of rotatable bonds is 9. The van der Waals surface area contributed by atoms with Crippen molar-refractivity contribution in [2.45, 2.75) is 97.9 Å². The van der Waals surface area contributed by atoms with Crippen LogP contribution in [0.5, 0.6) is 0 Å². The second-order valence-corrected chi connectivity index (χ2v) is 10.8. The molecule has 1 aliphatic heterocycles. The van der Waals surface area contributed by atoms with Gasteiger partial charge in [0.15, 0.2) is 0 Å². The summed E-state index contributed by atoms with van der Waals surface area (Å²) in [7, 11) is 0. The summed E-state index contributed by atoms with van der Waals surface area (Å²) in [5.41, 5.74) is 0.314. The lowest BCUT2D eigenvalue weighted by atomic mass is 9.64. The van der Waals surface area contributed by atoms with Crippen molar-refractivity contribution >= 4 is 17.5 Å². The van der Waals surface area contributed by atoms with Crippen molar-refractivity contribution in [3.8, 4) is 0 Å². The monoisotopic (exact) mass is 484 g/mol. The van der Waals surface area contributed by atoms with Crippen molar-refractivity contribution in [3.05, 3.63) is 0 Å². The molecule has 2 atom stereocenters. The van der Waals surface area contributed by atoms with Crippen LogP contribution in [-0.4, -0.2) is 70.0 Å². The molecule has 0 radical (unpaired) electrons. The number of aliphatic hydroxyl groups is 1. The Balaban J connectivity index is -0.00000210. The number of hydrogen-bond acceptors (Lipinski definition) is 3. The molecule has 1 unspecified atom stereocenters. The summed E-state index contributed by atoms with van der Waals surface area (Å²) in [6.07, 6.45) is 8.19. The van der Waals surface area contributed by atoms with E-state index in [1.54, 1.807) is 0 Å². The van der Waals surface area contributed by atoms with E-state index in [0.717, 1.165) is 37.9 Å². The number of aliphatic hydroxyl groups excluding tert-OH is 1. The van der Waals surface area contributed by atoms with E-state index in [0.29, 0.717) is 29.6 Å². The molecule has 0 aromatic carbocycles. The summed E-state index contributed by atoms with van der Waals surface area (Å²) >= 11 is 6.33. The van der Waals surface area contributed by atoms with E-state index in [4.69, 9.17) is 16.7 Å². The quantitative estimate of drug-likeness (QED) is 0.382. The molecule has 8 N–H and O–H groups in total. The van der Waals surface area contributed by atoms with E-state index in [-0.39, 0.29) is 42.4 Å². The molecule has 8 heteroatoms. The van der Waals surface area contributed by atoms with Crippen molar-refractivity contribution in [2.75, 3.05) is 26.2 Å². The van der Waals surface area contributed by atoms with Gasteiger partial charge in [0.25, 0.3) is 0 Å². The van der Waals surface area contributed by atoms with Gasteiger partial charge < -0.3 is 31.8 Å². The molecule has 0 bridgehead atoms. The van der Waals surface area contributed by atoms with Crippen molar-refractivity contribution < 1.29 is 26.3 Å². The van der Waals surface area contributed by atoms with Gasteiger partial charge >= 0.3 is 0 Å². The lowest BCUT2D eigenvalue weighted by molar-refractivity contribution is -0.122. The van der Waals surface area contributed by atoms with Gasteiger partial charge in [0.1, 0.15) is 0 Å². The highest BCUT2D eigenvalue weighted by molar-refractivity contribution is 6.20. The van der Waals surface area contributed by atoms with Gasteiger partial charge in [-0.15, -0.1) is 11.6 Å². The summed E-state index contributed by atoms with van der Waals surface area (Å²) in [4.78, 5) is 14.8. The molecule has 2 fully saturated rings. The van der Waals surface area contributed by atoms with E-state index in [9.17, 15) is 4.79 Å². The van der Waals surface area contributed by atoms with Crippen LogP contribution in [-0.2, 0) is 4.79 Å². The van der Waals surface area contributed by atoms with Gasteiger partial charge in [-0.2, -0.15) is 0 Å². The van der Waals surface area contributed by atoms with E-state index in [1.165, 1.54) is 32.1 Å². The molecule has 1 saturated heterocycles. The number of amides is 1. The number of hydrogen-bond donors (Lipinski definition) is 2. The number of nitrogens with zero attached hydrogens (tertiary/aromatic N) is 1. The SMILES string of the molecule is C.CC(C)[C@H](CN1CCC(C2CCC(Cl)CC2)C(C)(C)C1)NC(=O)CCCCO.O.O.O. The third-order valence-corrected chi connectivity index (χ3v) is 7.52. The lowest BCUT2D eigenvalue weighted by Crippen LogP contribution is -2.53. The fraction of sp³-hybridized carbons (Fsp3) is 0.958. The van der Waals surface area contributed by atoms with Crippen molar-refractivity contribution in [1.29, 1.82) is 0 Å². The van der Waals surface area contributed by atoms with Gasteiger partial charge in [-0.1, -0.05) is 35.1 Å². The zero-order chi connectivity index (χ0) is 20.7. The number of piperidine rings is 1. The number of unbranched alkanes of at least 4 members (excludes halogenated alkanes) is 1. The Bertz CT molecular complexity index is 485. The smallest absolute Gasteiger partial charge is 0.220 e. The largest absolute Gasteiger partial charge is 0.412 e. The van der Waals surface area contributed by atoms with Crippen molar-refractivity contribution in [1.82, 2.24) is 10.2 Å². The maximum Gasteiger partial charge on any atom is 0.220 e. The molecule has 32 heavy (non-hydrogen) atoms. The zero-order valence-electron chi connectivity index (χ0n) is 20.1. The molecule has 1 saturated carbocycles. The third kappa shape index (κ3) is 11.1. The van der Waals surface area contributed by atoms with Gasteiger partial charge in [0, 0.05) is 37.5 Å². The standard InChI is InChI=1S/C23H43ClN2O2.CH4.3H2O/c1-17(2)21(25-22(28)7-5-6-14-27)15-26-13-12-20(23(3,4)16-26)18-8-10-19(24)11-9-18;;;;/h17-21,27H,5-16H2,1-4H3,(H,25,28);1H4;3*1H2/t18?,19?,20?,21-;;;;/m0..../s1. The molecular weight excluding hydrogens is 432 g/mol. The van der Waals surface area contributed by atoms with Gasteiger partial charge in [-0.05, 0) is 74.7 Å². The van der Waals surface area contributed by atoms with Crippen molar-refractivity contribution in [2.24, 2.45) is 23.2 Å². The zero-order valence-corrected chi connectivity index (χ0v) is 20.8. The van der Waals surface area contributed by atoms with Crippen molar-refractivity contribution in [3.63, 3.8) is 0 Å². The maximum absolute atomic E-state index is 12.3. The highest BCUT2D eigenvalue weighted by Gasteiger charge is 2.41. The summed E-state index contributed by atoms with van der Waals surface area (Å²) in [5, 5.41) is 12.5. The average Bonchev–Trinajstić information content (AvgIpc) is 2.62. The van der Waals surface area contributed by atoms with E-state index >= 15 is 0 Å². The lowest BCUT2D eigenvalue weighted by Gasteiger charge is -2.49. The van der Waals surface area contributed by atoms with Crippen LogP contribution >= 0.6 is 11.6 Å². The Morgan fingerprint density at radius 2 is 1.69 bits per heavy atom. The number of carbonyl (C=O) groups excluding carboxylic acids is 1. The minimum Gasteiger partial charge on any atom is -0.412 e. The summed E-state index contributed by atoms with van der Waals surface area (Å²) < 4.78 is 0. The van der Waals surface area contributed by atoms with E-state index in [2.05, 4.69) is 37.9 Å². The van der Waals surface area contributed by atoms with Gasteiger partial charge in [-0.25, -0.2) is 0 Å². The van der Waals surface area contributed by atoms with Gasteiger partial charge in [0.05, 0.1) is 0 Å². The van der Waals surface area contributed by atoms with Crippen LogP contribution in [0.1, 0.15) is 86.5 Å². The topological polar surface area (TPSA) is 147 Å². The summed E-state index contributed by atoms with van der Waals surface area (Å²) in [6, 6.07) is 0.195. The molecule has 0 spiro atoms. The second-order valence-electron chi connectivity index (χ2n) is 10.2. The third-order valence-electron chi connectivity index (χ3n) is 7.08. The highest BCUT2D eigenvalue weighted by atomic mass is 35.5. The Morgan fingerprint density at radius 3 is 2.19 bits per heavy atom. The van der Waals surface area contributed by atoms with Gasteiger partial charge in [0.2, 0.25) is 5.91 Å². The number of carbonyl (C=O) groups is 1. The first-order valence-corrected chi connectivity index (χ1v) is 11.9. The first-order chi connectivity index (χ1) is 13.2. The van der Waals surface area contributed by atoms with Crippen LogP contribution in [0.4, 0.5) is 0 Å². The summed E-state index contributed by atoms with van der Waals surface area (Å²) in [6.45, 7) is 12.6. The molecule has 0 aromatic heterocycles. The van der Waals surface area contributed by atoms with Crippen LogP contribution in [0, 0.1) is 23.2 Å². The second kappa shape index (κ2) is 17.1. The Kier molecular flexibility index (Phi) is 19.3. The number of likely N-dealkylation sites (tertiary alicyclic amines) is 1. The maximum atomic E-state index is 12.3. The minimum absolute atomic E-state index is 0. The molecule has 1 heterocycles. The first-order valence-electron chi connectivity index (χ1n) is 11.5. The molecular formula is C24H53ClN2O5. The molecule has 1 amide bonds. The molecule has 2 aliphatic rings. The fourth-order valence-corrected chi connectivity index (χ4v) is 5.63. The van der Waals surface area contributed by atoms with Crippen LogP contribution in [0.3, 0.4) is 0 Å². The average molecular weight is 485 g/mol. The Labute approximate surface area is 201 Å². The molecule has 7 nitrogen and oxygen atoms in total. The van der Waals surface area contributed by atoms with Crippen LogP contribution in [0.15, 0.2) is 0 Å². The molecule has 0 aromatic rings. The predicted molar refractivity (Wildman–Crippen MR) is 135 cm³/mol. The Hall–Kier alpha value is -0.440. The fourth-order valence-electron chi connectivity index (χ4n) is 5.37. The minimum atomic E-state index is 0. The van der Waals surface area contributed by atoms with Crippen LogP contribution < -0.4 is 5.32 Å². The number of halogens is 1. The number of alkyl halides is 1. The number of nitrogens with one attached hydrogen (secondary N) is 1. The van der Waals surface area contributed by atoms with Crippen LogP contribution in [0.2, 0.25) is 0 Å². The summed E-state index contributed by atoms with van der Waals surface area (Å²) in [5.74, 6) is 2.17. The van der Waals surface area contributed by atoms with E-state index < -0.39 is 0 Å². The molecule has 1 aliphatic carbocycles. The highest BCUT2D eigenvalue weighted by Crippen LogP contribution is 2.45. The Morgan fingerprint density at radius 1 is 1.09 bits per heavy atom. The predicted octanol–water partition coefficient (Wildman–Crippen LogP) is 2.60. The molecule has 196 valence electrons. The first kappa shape index (κ1) is 36.1. The van der Waals surface area contributed by atoms with Gasteiger partial charge in [-0.3, -0.25) is 4.79 Å². The van der Waals surface area contributed by atoms with E-state index in [1.807, 2.05) is 0 Å². The normalized spacial score (nSPS) is 25.9. The van der Waals surface area contributed by atoms with Crippen LogP contribution in [0.25, 0.3) is 0 Å².